The molecule has 0 radical (unpaired) electrons. The Labute approximate surface area is 93.1 Å². The Morgan fingerprint density at radius 2 is 2.07 bits per heavy atom. The van der Waals surface area contributed by atoms with Crippen LogP contribution in [0, 0.1) is 0 Å². The molecular weight excluding hydrogens is 216 g/mol. The minimum Gasteiger partial charge on any atom is -0.325 e. The van der Waals surface area contributed by atoms with Gasteiger partial charge in [0.25, 0.3) is 5.92 Å². The first kappa shape index (κ1) is 12.5. The van der Waals surface area contributed by atoms with Crippen LogP contribution in [-0.4, -0.2) is 11.8 Å². The second kappa shape index (κ2) is 4.94. The van der Waals surface area contributed by atoms with Crippen molar-refractivity contribution in [1.82, 2.24) is 0 Å². The number of halogens is 2. The van der Waals surface area contributed by atoms with Gasteiger partial charge in [-0.15, -0.1) is 11.8 Å². The number of benzene rings is 1. The van der Waals surface area contributed by atoms with Crippen LogP contribution in [0.5, 0.6) is 0 Å². The van der Waals surface area contributed by atoms with E-state index in [9.17, 15) is 8.78 Å². The molecule has 0 aromatic heterocycles. The fourth-order valence-corrected chi connectivity index (χ4v) is 2.08. The maximum absolute atomic E-state index is 13.3. The number of nitrogens with two attached hydrogens (primary N) is 1. The number of thioether (sulfide) groups is 1. The molecule has 0 unspecified atom stereocenters. The first-order valence-corrected chi connectivity index (χ1v) is 5.69. The summed E-state index contributed by atoms with van der Waals surface area (Å²) in [6.07, 6.45) is 0. The van der Waals surface area contributed by atoms with Crippen LogP contribution in [0.4, 0.5) is 8.78 Å². The highest BCUT2D eigenvalue weighted by atomic mass is 32.2. The molecule has 0 spiro atoms. The second-order valence-electron chi connectivity index (χ2n) is 3.60. The molecule has 0 saturated heterocycles. The topological polar surface area (TPSA) is 26.0 Å². The summed E-state index contributed by atoms with van der Waals surface area (Å²) >= 11 is 1.57. The van der Waals surface area contributed by atoms with Gasteiger partial charge in [-0.2, -0.15) is 8.78 Å². The van der Waals surface area contributed by atoms with Gasteiger partial charge < -0.3 is 5.73 Å². The first-order valence-electron chi connectivity index (χ1n) is 4.81. The predicted octanol–water partition coefficient (Wildman–Crippen LogP) is 3.24. The molecule has 0 aliphatic rings. The summed E-state index contributed by atoms with van der Waals surface area (Å²) in [5, 5.41) is 0.381. The lowest BCUT2D eigenvalue weighted by Gasteiger charge is -2.15. The number of hydrogen-bond acceptors (Lipinski definition) is 2. The van der Waals surface area contributed by atoms with Crippen molar-refractivity contribution in [3.05, 3.63) is 29.8 Å². The third-order valence-electron chi connectivity index (χ3n) is 1.88. The van der Waals surface area contributed by atoms with E-state index in [-0.39, 0.29) is 5.56 Å². The fraction of sp³-hybridized carbons (Fsp3) is 0.455. The molecule has 1 rings (SSSR count). The minimum absolute atomic E-state index is 0.00403. The zero-order chi connectivity index (χ0) is 11.5. The van der Waals surface area contributed by atoms with Gasteiger partial charge >= 0.3 is 0 Å². The van der Waals surface area contributed by atoms with Crippen LogP contribution in [0.1, 0.15) is 19.4 Å². The lowest BCUT2D eigenvalue weighted by molar-refractivity contribution is 0.00574. The average molecular weight is 231 g/mol. The van der Waals surface area contributed by atoms with E-state index in [1.54, 1.807) is 17.8 Å². The Morgan fingerprint density at radius 3 is 2.60 bits per heavy atom. The van der Waals surface area contributed by atoms with Gasteiger partial charge in [-0.3, -0.25) is 0 Å². The molecule has 1 nitrogen and oxygen atoms in total. The monoisotopic (exact) mass is 231 g/mol. The number of alkyl halides is 2. The van der Waals surface area contributed by atoms with E-state index >= 15 is 0 Å². The smallest absolute Gasteiger partial charge is 0.285 e. The van der Waals surface area contributed by atoms with Crippen LogP contribution in [0.2, 0.25) is 0 Å². The molecule has 0 heterocycles. The summed E-state index contributed by atoms with van der Waals surface area (Å²) in [5.41, 5.74) is 5.03. The van der Waals surface area contributed by atoms with Crippen LogP contribution in [0.25, 0.3) is 0 Å². The third kappa shape index (κ3) is 3.47. The zero-order valence-corrected chi connectivity index (χ0v) is 9.65. The van der Waals surface area contributed by atoms with Crippen molar-refractivity contribution in [1.29, 1.82) is 0 Å². The van der Waals surface area contributed by atoms with Crippen molar-refractivity contribution in [2.45, 2.75) is 29.9 Å². The maximum Gasteiger partial charge on any atom is 0.285 e. The molecular formula is C11H15F2NS. The molecule has 4 heteroatoms. The molecule has 2 N–H and O–H groups in total. The van der Waals surface area contributed by atoms with Gasteiger partial charge in [-0.05, 0) is 12.1 Å². The highest BCUT2D eigenvalue weighted by Crippen LogP contribution is 2.31. The van der Waals surface area contributed by atoms with Crippen LogP contribution < -0.4 is 5.73 Å². The zero-order valence-electron chi connectivity index (χ0n) is 8.84. The van der Waals surface area contributed by atoms with Crippen LogP contribution in [0.15, 0.2) is 29.2 Å². The maximum atomic E-state index is 13.3. The Balaban J connectivity index is 2.92. The number of hydrogen-bond donors (Lipinski definition) is 1. The largest absolute Gasteiger partial charge is 0.325 e. The van der Waals surface area contributed by atoms with E-state index in [1.165, 1.54) is 12.1 Å². The van der Waals surface area contributed by atoms with Crippen molar-refractivity contribution >= 4 is 11.8 Å². The van der Waals surface area contributed by atoms with Crippen molar-refractivity contribution in [3.8, 4) is 0 Å². The Kier molecular flexibility index (Phi) is 4.11. The minimum atomic E-state index is -2.92. The summed E-state index contributed by atoms with van der Waals surface area (Å²) in [7, 11) is 0. The molecule has 0 aliphatic carbocycles. The van der Waals surface area contributed by atoms with E-state index < -0.39 is 12.5 Å². The van der Waals surface area contributed by atoms with Crippen LogP contribution in [0.3, 0.4) is 0 Å². The molecule has 0 saturated carbocycles. The van der Waals surface area contributed by atoms with Crippen molar-refractivity contribution in [3.63, 3.8) is 0 Å². The lowest BCUT2D eigenvalue weighted by Crippen LogP contribution is -2.24. The molecule has 15 heavy (non-hydrogen) atoms. The van der Waals surface area contributed by atoms with Gasteiger partial charge in [0.1, 0.15) is 0 Å². The Morgan fingerprint density at radius 1 is 1.40 bits per heavy atom. The van der Waals surface area contributed by atoms with Gasteiger partial charge in [0.05, 0.1) is 6.54 Å². The van der Waals surface area contributed by atoms with Crippen LogP contribution >= 0.6 is 11.8 Å². The van der Waals surface area contributed by atoms with E-state index in [1.807, 2.05) is 19.9 Å². The van der Waals surface area contributed by atoms with E-state index in [4.69, 9.17) is 5.73 Å². The molecule has 0 aliphatic heterocycles. The molecule has 0 fully saturated rings. The van der Waals surface area contributed by atoms with Gasteiger partial charge in [-0.1, -0.05) is 26.0 Å². The summed E-state index contributed by atoms with van der Waals surface area (Å²) in [5.74, 6) is -2.92. The number of rotatable bonds is 4. The fourth-order valence-electron chi connectivity index (χ4n) is 1.19. The lowest BCUT2D eigenvalue weighted by atomic mass is 10.1. The highest BCUT2D eigenvalue weighted by Gasteiger charge is 2.29. The van der Waals surface area contributed by atoms with Crippen molar-refractivity contribution in [2.75, 3.05) is 6.54 Å². The molecule has 0 bridgehead atoms. The summed E-state index contributed by atoms with van der Waals surface area (Å²) in [6.45, 7) is 3.40. The molecule has 84 valence electrons. The predicted molar refractivity (Wildman–Crippen MR) is 60.4 cm³/mol. The Bertz CT molecular complexity index is 326. The van der Waals surface area contributed by atoms with Crippen LogP contribution in [-0.2, 0) is 5.92 Å². The van der Waals surface area contributed by atoms with Gasteiger partial charge in [0, 0.05) is 15.7 Å². The highest BCUT2D eigenvalue weighted by molar-refractivity contribution is 7.99. The second-order valence-corrected chi connectivity index (χ2v) is 5.25. The SMILES string of the molecule is CC(C)Sc1cccc(C(F)(F)CN)c1. The quantitative estimate of drug-likeness (QED) is 0.805. The third-order valence-corrected chi connectivity index (χ3v) is 2.88. The van der Waals surface area contributed by atoms with Gasteiger partial charge in [0.2, 0.25) is 0 Å². The van der Waals surface area contributed by atoms with Gasteiger partial charge in [0.15, 0.2) is 0 Å². The summed E-state index contributed by atoms with van der Waals surface area (Å²) in [6, 6.07) is 6.40. The molecule has 0 atom stereocenters. The normalized spacial score (nSPS) is 12.1. The molecule has 1 aromatic carbocycles. The average Bonchev–Trinajstić information content (AvgIpc) is 2.17. The molecule has 0 amide bonds. The van der Waals surface area contributed by atoms with Gasteiger partial charge in [-0.25, -0.2) is 0 Å². The molecule has 1 aromatic rings. The standard InChI is InChI=1S/C11H15F2NS/c1-8(2)15-10-5-3-4-9(6-10)11(12,13)7-14/h3-6,8H,7,14H2,1-2H3. The summed E-state index contributed by atoms with van der Waals surface area (Å²) in [4.78, 5) is 0.857. The first-order chi connectivity index (χ1) is 6.95. The van der Waals surface area contributed by atoms with Crippen molar-refractivity contribution in [2.24, 2.45) is 5.73 Å². The van der Waals surface area contributed by atoms with E-state index in [0.717, 1.165) is 4.90 Å². The summed E-state index contributed by atoms with van der Waals surface area (Å²) < 4.78 is 26.5. The van der Waals surface area contributed by atoms with E-state index in [0.29, 0.717) is 5.25 Å². The van der Waals surface area contributed by atoms with E-state index in [2.05, 4.69) is 0 Å². The Hall–Kier alpha value is -0.610. The van der Waals surface area contributed by atoms with Crippen molar-refractivity contribution < 1.29 is 8.78 Å².